The number of primary amides is 1. The molecular weight excluding hydrogens is 513 g/mol. The van der Waals surface area contributed by atoms with Gasteiger partial charge in [-0.25, -0.2) is 9.07 Å². The number of hydrogen-bond donors (Lipinski definition) is 4. The third-order valence-corrected chi connectivity index (χ3v) is 5.90. The van der Waals surface area contributed by atoms with E-state index >= 15 is 4.39 Å². The summed E-state index contributed by atoms with van der Waals surface area (Å²) in [4.78, 5) is 58.3. The van der Waals surface area contributed by atoms with Crippen molar-refractivity contribution >= 4 is 51.4 Å². The predicted molar refractivity (Wildman–Crippen MR) is 136 cm³/mol. The summed E-state index contributed by atoms with van der Waals surface area (Å²) in [5.41, 5.74) is 7.18. The zero-order valence-electron chi connectivity index (χ0n) is 20.7. The molecule has 0 saturated heterocycles. The average molecular weight is 538 g/mol. The Labute approximate surface area is 219 Å². The maximum Gasteiger partial charge on any atom is 0.322 e. The Bertz CT molecular complexity index is 1640. The molecule has 0 saturated carbocycles. The third-order valence-electron chi connectivity index (χ3n) is 5.90. The first kappa shape index (κ1) is 26.9. The fourth-order valence-corrected chi connectivity index (χ4v) is 4.16. The van der Waals surface area contributed by atoms with Crippen LogP contribution >= 0.6 is 0 Å². The first-order valence-corrected chi connectivity index (χ1v) is 11.8. The highest BCUT2D eigenvalue weighted by molar-refractivity contribution is 6.01. The number of carboxylic acids is 1. The lowest BCUT2D eigenvalue weighted by Crippen LogP contribution is -2.40. The number of nitrogens with two attached hydrogens (primary N) is 1. The van der Waals surface area contributed by atoms with Crippen molar-refractivity contribution in [1.82, 2.24) is 30.2 Å². The lowest BCUT2D eigenvalue weighted by atomic mass is 9.98. The van der Waals surface area contributed by atoms with Crippen molar-refractivity contribution in [2.75, 3.05) is 13.1 Å². The molecule has 0 unspecified atom stereocenters. The van der Waals surface area contributed by atoms with Crippen LogP contribution < -0.4 is 16.4 Å². The van der Waals surface area contributed by atoms with Crippen LogP contribution in [0.15, 0.2) is 36.5 Å². The van der Waals surface area contributed by atoms with Crippen LogP contribution in [0.25, 0.3) is 32.9 Å². The van der Waals surface area contributed by atoms with Gasteiger partial charge in [0, 0.05) is 29.2 Å². The highest BCUT2D eigenvalue weighted by Gasteiger charge is 2.20. The number of rotatable bonds is 10. The number of amides is 3. The van der Waals surface area contributed by atoms with Gasteiger partial charge in [-0.2, -0.15) is 10.2 Å². The van der Waals surface area contributed by atoms with Crippen LogP contribution in [0.4, 0.5) is 4.39 Å². The molecule has 14 heteroatoms. The minimum absolute atomic E-state index is 0.146. The summed E-state index contributed by atoms with van der Waals surface area (Å²) < 4.78 is 17.8. The number of hydrogen-bond acceptors (Lipinski definition) is 7. The smallest absolute Gasteiger partial charge is 0.322 e. The molecule has 5 N–H and O–H groups in total. The Morgan fingerprint density at radius 1 is 1.00 bits per heavy atom. The molecule has 0 aliphatic heterocycles. The number of aliphatic carboxylic acids is 1. The lowest BCUT2D eigenvalue weighted by Gasteiger charge is -2.09. The molecule has 0 aliphatic rings. The molecule has 2 aromatic heterocycles. The summed E-state index contributed by atoms with van der Waals surface area (Å²) >= 11 is 0. The molecule has 2 heterocycles. The van der Waals surface area contributed by atoms with Gasteiger partial charge in [0.05, 0.1) is 29.5 Å². The van der Waals surface area contributed by atoms with Gasteiger partial charge in [0.25, 0.3) is 0 Å². The second-order valence-corrected chi connectivity index (χ2v) is 8.70. The van der Waals surface area contributed by atoms with Gasteiger partial charge >= 0.3 is 5.97 Å². The van der Waals surface area contributed by atoms with Crippen LogP contribution in [-0.4, -0.2) is 67.4 Å². The highest BCUT2D eigenvalue weighted by atomic mass is 19.1. The van der Waals surface area contributed by atoms with Gasteiger partial charge in [0.15, 0.2) is 0 Å². The Morgan fingerprint density at radius 3 is 2.46 bits per heavy atom. The van der Waals surface area contributed by atoms with Gasteiger partial charge in [-0.05, 0) is 30.7 Å². The summed E-state index contributed by atoms with van der Waals surface area (Å²) in [6.45, 7) is 0.480. The van der Waals surface area contributed by atoms with Crippen LogP contribution in [0.2, 0.25) is 0 Å². The number of nitrogens with one attached hydrogen (secondary N) is 2. The monoisotopic (exact) mass is 537 g/mol. The first-order valence-electron chi connectivity index (χ1n) is 11.8. The minimum Gasteiger partial charge on any atom is -0.480 e. The van der Waals surface area contributed by atoms with Gasteiger partial charge in [-0.15, -0.1) is 0 Å². The number of carbonyl (C=O) groups excluding carboxylic acids is 4. The number of benzene rings is 2. The molecule has 0 radical (unpaired) electrons. The Hall–Kier alpha value is -5.14. The van der Waals surface area contributed by atoms with E-state index < -0.39 is 48.5 Å². The standard InChI is InChI=1S/C25H24FN7O6/c1-13-25-15(16-8-19-14(7-17(16)26)9-30-33(19)23(37)6-5-20(27)34)3-2-4-18(25)32(31-13)12-22(36)28-10-21(35)29-11-24(38)39/h2-4,7-9H,5-6,10-12H2,1H3,(H2,27,34)(H,28,36)(H,29,35)(H,38,39). The zero-order chi connectivity index (χ0) is 28.3. The van der Waals surface area contributed by atoms with Gasteiger partial charge in [0.1, 0.15) is 18.9 Å². The molecule has 0 bridgehead atoms. The van der Waals surface area contributed by atoms with Gasteiger partial charge < -0.3 is 21.5 Å². The number of carbonyl (C=O) groups is 5. The molecule has 39 heavy (non-hydrogen) atoms. The number of fused-ring (bicyclic) bond motifs is 2. The van der Waals surface area contributed by atoms with Crippen LogP contribution in [0.5, 0.6) is 0 Å². The van der Waals surface area contributed by atoms with E-state index in [1.54, 1.807) is 25.1 Å². The number of aryl methyl sites for hydroxylation is 1. The van der Waals surface area contributed by atoms with Gasteiger partial charge in [-0.3, -0.25) is 28.7 Å². The van der Waals surface area contributed by atoms with Crippen molar-refractivity contribution < 1.29 is 33.5 Å². The van der Waals surface area contributed by atoms with E-state index in [1.165, 1.54) is 23.0 Å². The van der Waals surface area contributed by atoms with Crippen molar-refractivity contribution in [3.8, 4) is 11.1 Å². The molecular formula is C25H24FN7O6. The number of nitrogens with zero attached hydrogens (tertiary/aromatic N) is 4. The van der Waals surface area contributed by atoms with Crippen LogP contribution in [-0.2, 0) is 25.7 Å². The van der Waals surface area contributed by atoms with E-state index in [9.17, 15) is 24.0 Å². The SMILES string of the molecule is Cc1nn(CC(=O)NCC(=O)NCC(=O)O)c2cccc(-c3cc4c(cnn4C(=O)CCC(N)=O)cc3F)c12. The molecule has 0 aliphatic carbocycles. The van der Waals surface area contributed by atoms with E-state index in [2.05, 4.69) is 20.8 Å². The van der Waals surface area contributed by atoms with Crippen LogP contribution in [0, 0.1) is 12.7 Å². The van der Waals surface area contributed by atoms with Crippen molar-refractivity contribution in [2.45, 2.75) is 26.3 Å². The molecule has 2 aromatic carbocycles. The number of carboxylic acid groups (broad SMARTS) is 1. The Balaban J connectivity index is 1.63. The summed E-state index contributed by atoms with van der Waals surface area (Å²) in [5.74, 6) is -4.06. The van der Waals surface area contributed by atoms with E-state index in [1.807, 2.05) is 0 Å². The summed E-state index contributed by atoms with van der Waals surface area (Å²) in [7, 11) is 0. The lowest BCUT2D eigenvalue weighted by molar-refractivity contribution is -0.137. The quantitative estimate of drug-likeness (QED) is 0.227. The largest absolute Gasteiger partial charge is 0.480 e. The maximum atomic E-state index is 15.3. The Morgan fingerprint density at radius 2 is 1.74 bits per heavy atom. The fraction of sp³-hybridized carbons (Fsp3) is 0.240. The molecule has 4 rings (SSSR count). The highest BCUT2D eigenvalue weighted by Crippen LogP contribution is 2.34. The van der Waals surface area contributed by atoms with Crippen LogP contribution in [0.1, 0.15) is 23.3 Å². The van der Waals surface area contributed by atoms with E-state index in [-0.39, 0.29) is 24.9 Å². The topological polar surface area (TPSA) is 191 Å². The van der Waals surface area contributed by atoms with Crippen molar-refractivity contribution in [2.24, 2.45) is 5.73 Å². The number of aromatic nitrogens is 4. The molecule has 0 spiro atoms. The third kappa shape index (κ3) is 5.89. The normalized spacial score (nSPS) is 11.0. The Kier molecular flexibility index (Phi) is 7.65. The van der Waals surface area contributed by atoms with Gasteiger partial charge in [-0.1, -0.05) is 12.1 Å². The van der Waals surface area contributed by atoms with E-state index in [0.717, 1.165) is 4.68 Å². The molecule has 4 aromatic rings. The summed E-state index contributed by atoms with van der Waals surface area (Å²) in [6, 6.07) is 7.82. The van der Waals surface area contributed by atoms with E-state index in [4.69, 9.17) is 10.8 Å². The maximum absolute atomic E-state index is 15.3. The number of halogens is 1. The summed E-state index contributed by atoms with van der Waals surface area (Å²) in [6.07, 6.45) is 1.06. The van der Waals surface area contributed by atoms with E-state index in [0.29, 0.717) is 33.1 Å². The molecule has 0 atom stereocenters. The van der Waals surface area contributed by atoms with Gasteiger partial charge in [0.2, 0.25) is 23.6 Å². The van der Waals surface area contributed by atoms with Crippen molar-refractivity contribution in [3.63, 3.8) is 0 Å². The minimum atomic E-state index is -1.21. The average Bonchev–Trinajstić information content (AvgIpc) is 3.44. The molecule has 3 amide bonds. The second kappa shape index (κ2) is 11.1. The fourth-order valence-electron chi connectivity index (χ4n) is 4.16. The van der Waals surface area contributed by atoms with Crippen molar-refractivity contribution in [1.29, 1.82) is 0 Å². The molecule has 13 nitrogen and oxygen atoms in total. The van der Waals surface area contributed by atoms with Crippen LogP contribution in [0.3, 0.4) is 0 Å². The molecule has 202 valence electrons. The second-order valence-electron chi connectivity index (χ2n) is 8.70. The van der Waals surface area contributed by atoms with Crippen molar-refractivity contribution in [3.05, 3.63) is 48.0 Å². The summed E-state index contributed by atoms with van der Waals surface area (Å²) in [5, 5.41) is 22.6. The predicted octanol–water partition coefficient (Wildman–Crippen LogP) is 0.723. The molecule has 0 fully saturated rings. The zero-order valence-corrected chi connectivity index (χ0v) is 20.7. The first-order chi connectivity index (χ1) is 18.5.